The van der Waals surface area contributed by atoms with Crippen LogP contribution in [0.5, 0.6) is 0 Å². The number of carbonyl (C=O) groups is 2. The normalized spacial score (nSPS) is 16.3. The van der Waals surface area contributed by atoms with Crippen LogP contribution in [0.2, 0.25) is 0 Å². The van der Waals surface area contributed by atoms with Crippen LogP contribution in [0.3, 0.4) is 0 Å². The van der Waals surface area contributed by atoms with Gasteiger partial charge in [-0.15, -0.1) is 0 Å². The predicted molar refractivity (Wildman–Crippen MR) is 126 cm³/mol. The van der Waals surface area contributed by atoms with Crippen LogP contribution in [-0.4, -0.2) is 62.5 Å². The molecule has 3 aromatic rings. The van der Waals surface area contributed by atoms with Crippen molar-refractivity contribution in [2.24, 2.45) is 0 Å². The second-order valence-corrected chi connectivity index (χ2v) is 10.3. The summed E-state index contributed by atoms with van der Waals surface area (Å²) in [6, 6.07) is 18.7. The van der Waals surface area contributed by atoms with Gasteiger partial charge in [0.05, 0.1) is 4.90 Å². The molecule has 1 N–H and O–H groups in total. The first-order valence-electron chi connectivity index (χ1n) is 10.7. The maximum atomic E-state index is 12.9. The molecule has 1 amide bonds. The minimum atomic E-state index is -3.57. The maximum Gasteiger partial charge on any atom is 0.255 e. The fourth-order valence-electron chi connectivity index (χ4n) is 4.26. The zero-order valence-corrected chi connectivity index (χ0v) is 18.9. The van der Waals surface area contributed by atoms with E-state index in [2.05, 4.69) is 10.2 Å². The molecule has 0 spiro atoms. The van der Waals surface area contributed by atoms with Crippen molar-refractivity contribution in [3.05, 3.63) is 83.4 Å². The Hall–Kier alpha value is -3.33. The standard InChI is InChI=1S/C25H23N3O4S/c1-27-12-14-28(15-13-27)33(31,32)19-9-7-18(8-10-19)26-25(30)17-6-11-21-20-4-2-3-5-22(20)24(29)23(21)16-17/h2-11,16H,12-15H2,1H3,(H,26,30). The Balaban J connectivity index is 1.32. The smallest absolute Gasteiger partial charge is 0.255 e. The number of ketones is 1. The molecule has 0 atom stereocenters. The van der Waals surface area contributed by atoms with Crippen LogP contribution in [0, 0.1) is 0 Å². The van der Waals surface area contributed by atoms with E-state index in [4.69, 9.17) is 0 Å². The molecule has 0 saturated carbocycles. The summed E-state index contributed by atoms with van der Waals surface area (Å²) in [5.74, 6) is -0.454. The molecule has 5 rings (SSSR count). The number of amides is 1. The molecule has 1 heterocycles. The number of benzene rings is 3. The number of piperazine rings is 1. The number of hydrogen-bond donors (Lipinski definition) is 1. The first-order valence-corrected chi connectivity index (χ1v) is 12.2. The zero-order chi connectivity index (χ0) is 23.2. The van der Waals surface area contributed by atoms with Gasteiger partial charge in [0.25, 0.3) is 5.91 Å². The Morgan fingerprint density at radius 1 is 0.818 bits per heavy atom. The first kappa shape index (κ1) is 21.5. The lowest BCUT2D eigenvalue weighted by molar-refractivity contribution is 0.102. The third-order valence-electron chi connectivity index (χ3n) is 6.20. The molecule has 8 heteroatoms. The van der Waals surface area contributed by atoms with Crippen LogP contribution >= 0.6 is 0 Å². The molecule has 2 aliphatic rings. The van der Waals surface area contributed by atoms with Crippen molar-refractivity contribution in [3.63, 3.8) is 0 Å². The number of hydrogen-bond acceptors (Lipinski definition) is 5. The molecule has 1 fully saturated rings. The molecule has 3 aromatic carbocycles. The van der Waals surface area contributed by atoms with Crippen molar-refractivity contribution < 1.29 is 18.0 Å². The molecule has 168 valence electrons. The summed E-state index contributed by atoms with van der Waals surface area (Å²) in [7, 11) is -1.60. The van der Waals surface area contributed by atoms with Gasteiger partial charge in [-0.25, -0.2) is 8.42 Å². The predicted octanol–water partition coefficient (Wildman–Crippen LogP) is 3.09. The van der Waals surface area contributed by atoms with E-state index >= 15 is 0 Å². The van der Waals surface area contributed by atoms with Crippen LogP contribution < -0.4 is 5.32 Å². The molecule has 0 bridgehead atoms. The number of nitrogens with zero attached hydrogens (tertiary/aromatic N) is 2. The SMILES string of the molecule is CN1CCN(S(=O)(=O)c2ccc(NC(=O)c3ccc4c(c3)C(=O)c3ccccc3-4)cc2)CC1. The Labute approximate surface area is 192 Å². The number of fused-ring (bicyclic) bond motifs is 3. The van der Waals surface area contributed by atoms with Crippen LogP contribution in [0.4, 0.5) is 5.69 Å². The Morgan fingerprint density at radius 3 is 2.15 bits per heavy atom. The second-order valence-electron chi connectivity index (χ2n) is 8.32. The molecule has 7 nitrogen and oxygen atoms in total. The van der Waals surface area contributed by atoms with E-state index in [0.717, 1.165) is 11.1 Å². The summed E-state index contributed by atoms with van der Waals surface area (Å²) in [5.41, 5.74) is 3.70. The summed E-state index contributed by atoms with van der Waals surface area (Å²) in [6.45, 7) is 2.31. The summed E-state index contributed by atoms with van der Waals surface area (Å²) in [4.78, 5) is 27.8. The summed E-state index contributed by atoms with van der Waals surface area (Å²) in [5, 5.41) is 2.78. The van der Waals surface area contributed by atoms with Gasteiger partial charge in [-0.3, -0.25) is 9.59 Å². The molecular weight excluding hydrogens is 438 g/mol. The summed E-state index contributed by atoms with van der Waals surface area (Å²) < 4.78 is 27.2. The van der Waals surface area contributed by atoms with E-state index in [1.165, 1.54) is 16.4 Å². The number of likely N-dealkylation sites (N-methyl/N-ethyl adjacent to an activating group) is 1. The lowest BCUT2D eigenvalue weighted by atomic mass is 10.0. The van der Waals surface area contributed by atoms with Gasteiger partial charge in [0, 0.05) is 48.6 Å². The lowest BCUT2D eigenvalue weighted by Crippen LogP contribution is -2.46. The van der Waals surface area contributed by atoms with Crippen LogP contribution in [0.15, 0.2) is 71.6 Å². The molecular formula is C25H23N3O4S. The van der Waals surface area contributed by atoms with Crippen LogP contribution in [-0.2, 0) is 10.0 Å². The fraction of sp³-hybridized carbons (Fsp3) is 0.200. The van der Waals surface area contributed by atoms with Crippen molar-refractivity contribution in [1.82, 2.24) is 9.21 Å². The van der Waals surface area contributed by atoms with E-state index in [0.29, 0.717) is 48.6 Å². The van der Waals surface area contributed by atoms with Crippen molar-refractivity contribution in [2.75, 3.05) is 38.5 Å². The number of anilines is 1. The zero-order valence-electron chi connectivity index (χ0n) is 18.1. The van der Waals surface area contributed by atoms with Crippen molar-refractivity contribution in [2.45, 2.75) is 4.90 Å². The molecule has 0 unspecified atom stereocenters. The number of rotatable bonds is 4. The van der Waals surface area contributed by atoms with Gasteiger partial charge in [0.1, 0.15) is 0 Å². The van der Waals surface area contributed by atoms with E-state index in [-0.39, 0.29) is 16.6 Å². The number of nitrogens with one attached hydrogen (secondary N) is 1. The van der Waals surface area contributed by atoms with E-state index in [9.17, 15) is 18.0 Å². The fourth-order valence-corrected chi connectivity index (χ4v) is 5.68. The van der Waals surface area contributed by atoms with Gasteiger partial charge in [-0.05, 0) is 54.6 Å². The maximum absolute atomic E-state index is 12.9. The van der Waals surface area contributed by atoms with Crippen LogP contribution in [0.25, 0.3) is 11.1 Å². The highest BCUT2D eigenvalue weighted by Crippen LogP contribution is 2.36. The highest BCUT2D eigenvalue weighted by atomic mass is 32.2. The molecule has 1 saturated heterocycles. The highest BCUT2D eigenvalue weighted by molar-refractivity contribution is 7.89. The lowest BCUT2D eigenvalue weighted by Gasteiger charge is -2.31. The van der Waals surface area contributed by atoms with Gasteiger partial charge in [-0.1, -0.05) is 30.3 Å². The van der Waals surface area contributed by atoms with E-state index in [1.807, 2.05) is 25.2 Å². The Bertz CT molecular complexity index is 1360. The van der Waals surface area contributed by atoms with E-state index in [1.54, 1.807) is 36.4 Å². The molecule has 0 aromatic heterocycles. The third-order valence-corrected chi connectivity index (χ3v) is 8.11. The number of carbonyl (C=O) groups excluding carboxylic acids is 2. The Kier molecular flexibility index (Phi) is 5.36. The topological polar surface area (TPSA) is 86.8 Å². The molecule has 33 heavy (non-hydrogen) atoms. The van der Waals surface area contributed by atoms with E-state index < -0.39 is 10.0 Å². The van der Waals surface area contributed by atoms with Gasteiger partial charge >= 0.3 is 0 Å². The summed E-state index contributed by atoms with van der Waals surface area (Å²) in [6.07, 6.45) is 0. The number of sulfonamides is 1. The van der Waals surface area contributed by atoms with Crippen molar-refractivity contribution in [3.8, 4) is 11.1 Å². The molecule has 1 aliphatic heterocycles. The van der Waals surface area contributed by atoms with Crippen molar-refractivity contribution in [1.29, 1.82) is 0 Å². The third kappa shape index (κ3) is 3.86. The second kappa shape index (κ2) is 8.22. The van der Waals surface area contributed by atoms with Crippen molar-refractivity contribution >= 4 is 27.4 Å². The van der Waals surface area contributed by atoms with Gasteiger partial charge in [0.2, 0.25) is 10.0 Å². The largest absolute Gasteiger partial charge is 0.322 e. The minimum Gasteiger partial charge on any atom is -0.322 e. The van der Waals surface area contributed by atoms with Crippen LogP contribution in [0.1, 0.15) is 26.3 Å². The first-order chi connectivity index (χ1) is 15.8. The van der Waals surface area contributed by atoms with Gasteiger partial charge in [0.15, 0.2) is 5.78 Å². The molecule has 1 aliphatic carbocycles. The molecule has 0 radical (unpaired) electrons. The minimum absolute atomic E-state index is 0.0892. The monoisotopic (exact) mass is 461 g/mol. The highest BCUT2D eigenvalue weighted by Gasteiger charge is 2.28. The Morgan fingerprint density at radius 2 is 1.45 bits per heavy atom. The van der Waals surface area contributed by atoms with Gasteiger partial charge in [-0.2, -0.15) is 4.31 Å². The average molecular weight is 462 g/mol. The average Bonchev–Trinajstić information content (AvgIpc) is 3.11. The van der Waals surface area contributed by atoms with Gasteiger partial charge < -0.3 is 10.2 Å². The quantitative estimate of drug-likeness (QED) is 0.505. The summed E-state index contributed by atoms with van der Waals surface area (Å²) >= 11 is 0.